The topological polar surface area (TPSA) is 89.1 Å². The number of nitrogens with one attached hydrogen (secondary N) is 1. The zero-order valence-electron chi connectivity index (χ0n) is 15.8. The van der Waals surface area contributed by atoms with Gasteiger partial charge in [0, 0.05) is 28.6 Å². The highest BCUT2D eigenvalue weighted by Crippen LogP contribution is 2.37. The molecule has 6 nitrogen and oxygen atoms in total. The molecule has 0 saturated heterocycles. The molecule has 0 saturated carbocycles. The van der Waals surface area contributed by atoms with Gasteiger partial charge in [-0.15, -0.1) is 0 Å². The van der Waals surface area contributed by atoms with Crippen molar-refractivity contribution in [2.75, 3.05) is 0 Å². The van der Waals surface area contributed by atoms with Gasteiger partial charge in [-0.25, -0.2) is 9.37 Å². The fourth-order valence-electron chi connectivity index (χ4n) is 3.38. The monoisotopic (exact) mass is 377 g/mol. The molecule has 3 aromatic heterocycles. The highest BCUT2D eigenvalue weighted by molar-refractivity contribution is 5.92. The van der Waals surface area contributed by atoms with Gasteiger partial charge in [0.05, 0.1) is 6.20 Å². The average Bonchev–Trinajstić information content (AvgIpc) is 3.27. The molecule has 0 fully saturated rings. The summed E-state index contributed by atoms with van der Waals surface area (Å²) in [7, 11) is 0. The minimum absolute atomic E-state index is 0.187. The van der Waals surface area contributed by atoms with Gasteiger partial charge in [0.1, 0.15) is 22.9 Å². The summed E-state index contributed by atoms with van der Waals surface area (Å²) in [5.74, 6) is -0.613. The second-order valence-electron chi connectivity index (χ2n) is 7.13. The number of aromatic nitrogens is 4. The van der Waals surface area contributed by atoms with Crippen LogP contribution in [0.3, 0.4) is 0 Å². The lowest BCUT2D eigenvalue weighted by atomic mass is 9.95. The molecule has 0 spiro atoms. The van der Waals surface area contributed by atoms with E-state index in [4.69, 9.17) is 5.73 Å². The number of amides is 1. The predicted octanol–water partition coefficient (Wildman–Crippen LogP) is 4.06. The number of imidazole rings is 1. The zero-order chi connectivity index (χ0) is 20.0. The van der Waals surface area contributed by atoms with Crippen molar-refractivity contribution in [2.24, 2.45) is 5.73 Å². The zero-order valence-corrected chi connectivity index (χ0v) is 15.8. The van der Waals surface area contributed by atoms with Crippen LogP contribution in [0.25, 0.3) is 28.0 Å². The molecule has 1 amide bonds. The molecule has 4 aromatic rings. The highest BCUT2D eigenvalue weighted by atomic mass is 19.1. The number of carbonyl (C=O) groups is 1. The second-order valence-corrected chi connectivity index (χ2v) is 7.13. The maximum atomic E-state index is 13.7. The third-order valence-electron chi connectivity index (χ3n) is 4.85. The van der Waals surface area contributed by atoms with Crippen LogP contribution in [0.5, 0.6) is 0 Å². The van der Waals surface area contributed by atoms with Gasteiger partial charge in [-0.05, 0) is 48.7 Å². The van der Waals surface area contributed by atoms with Crippen LogP contribution in [-0.4, -0.2) is 25.5 Å². The first-order valence-electron chi connectivity index (χ1n) is 8.99. The van der Waals surface area contributed by atoms with E-state index in [1.165, 1.54) is 12.3 Å². The molecular formula is C21H20FN5O. The van der Waals surface area contributed by atoms with E-state index in [0.29, 0.717) is 16.9 Å². The summed E-state index contributed by atoms with van der Waals surface area (Å²) >= 11 is 0. The second kappa shape index (κ2) is 6.60. The van der Waals surface area contributed by atoms with Crippen LogP contribution in [0, 0.1) is 12.7 Å². The molecule has 7 heteroatoms. The Morgan fingerprint density at radius 3 is 2.64 bits per heavy atom. The first-order chi connectivity index (χ1) is 13.4. The van der Waals surface area contributed by atoms with E-state index in [1.807, 2.05) is 18.3 Å². The Bertz CT molecular complexity index is 1200. The molecule has 0 radical (unpaired) electrons. The summed E-state index contributed by atoms with van der Waals surface area (Å²) < 4.78 is 15.4. The SMILES string of the molecule is Cc1cc(-c2n[nH]c(C(C)C)c2-c2ccc3ncc(C(N)=O)n3c2)ccc1F. The standard InChI is InChI=1S/C21H20FN5O/c1-11(2)19-18(20(26-25-19)13-4-6-15(22)12(3)8-13)14-5-7-17-24-9-16(21(23)28)27(17)10-14/h4-11H,1-3H3,(H2,23,28)(H,25,26). The smallest absolute Gasteiger partial charge is 0.267 e. The van der Waals surface area contributed by atoms with E-state index < -0.39 is 5.91 Å². The van der Waals surface area contributed by atoms with Crippen LogP contribution in [-0.2, 0) is 0 Å². The average molecular weight is 377 g/mol. The van der Waals surface area contributed by atoms with Crippen molar-refractivity contribution in [3.63, 3.8) is 0 Å². The molecule has 0 aliphatic rings. The summed E-state index contributed by atoms with van der Waals surface area (Å²) in [5.41, 5.74) is 11.2. The third-order valence-corrected chi connectivity index (χ3v) is 4.85. The number of H-pyrrole nitrogens is 1. The Labute approximate surface area is 161 Å². The Morgan fingerprint density at radius 2 is 1.96 bits per heavy atom. The summed E-state index contributed by atoms with van der Waals surface area (Å²) in [4.78, 5) is 15.9. The number of carbonyl (C=O) groups excluding carboxylic acids is 1. The van der Waals surface area contributed by atoms with Crippen LogP contribution < -0.4 is 5.73 Å². The van der Waals surface area contributed by atoms with Crippen LogP contribution in [0.4, 0.5) is 4.39 Å². The Kier molecular flexibility index (Phi) is 4.22. The Balaban J connectivity index is 1.97. The maximum absolute atomic E-state index is 13.7. The predicted molar refractivity (Wildman–Crippen MR) is 106 cm³/mol. The summed E-state index contributed by atoms with van der Waals surface area (Å²) in [6, 6.07) is 8.71. The van der Waals surface area contributed by atoms with Crippen molar-refractivity contribution in [3.05, 3.63) is 65.5 Å². The van der Waals surface area contributed by atoms with Gasteiger partial charge in [0.2, 0.25) is 0 Å². The molecule has 0 aliphatic heterocycles. The number of hydrogen-bond donors (Lipinski definition) is 2. The number of rotatable bonds is 4. The molecule has 1 aromatic carbocycles. The summed E-state index contributed by atoms with van der Waals surface area (Å²) in [6.45, 7) is 5.87. The van der Waals surface area contributed by atoms with E-state index in [1.54, 1.807) is 23.5 Å². The van der Waals surface area contributed by atoms with E-state index in [2.05, 4.69) is 29.0 Å². The van der Waals surface area contributed by atoms with Crippen molar-refractivity contribution >= 4 is 11.6 Å². The molecule has 3 heterocycles. The van der Waals surface area contributed by atoms with Crippen LogP contribution in [0.2, 0.25) is 0 Å². The van der Waals surface area contributed by atoms with E-state index in [-0.39, 0.29) is 11.7 Å². The first kappa shape index (κ1) is 17.9. The molecular weight excluding hydrogens is 357 g/mol. The minimum atomic E-state index is -0.546. The summed E-state index contributed by atoms with van der Waals surface area (Å²) in [6.07, 6.45) is 3.30. The molecule has 0 aliphatic carbocycles. The van der Waals surface area contributed by atoms with E-state index in [0.717, 1.165) is 28.1 Å². The number of nitrogens with two attached hydrogens (primary N) is 1. The van der Waals surface area contributed by atoms with Crippen molar-refractivity contribution in [1.82, 2.24) is 19.6 Å². The van der Waals surface area contributed by atoms with Crippen LogP contribution in [0.1, 0.15) is 41.5 Å². The van der Waals surface area contributed by atoms with Crippen LogP contribution in [0.15, 0.2) is 42.7 Å². The quantitative estimate of drug-likeness (QED) is 0.562. The fraction of sp³-hybridized carbons (Fsp3) is 0.190. The van der Waals surface area contributed by atoms with Crippen molar-refractivity contribution in [1.29, 1.82) is 0 Å². The fourth-order valence-corrected chi connectivity index (χ4v) is 3.38. The number of halogens is 1. The first-order valence-corrected chi connectivity index (χ1v) is 8.99. The van der Waals surface area contributed by atoms with Crippen LogP contribution >= 0.6 is 0 Å². The number of primary amides is 1. The number of aromatic amines is 1. The highest BCUT2D eigenvalue weighted by Gasteiger charge is 2.20. The Hall–Kier alpha value is -3.48. The largest absolute Gasteiger partial charge is 0.364 e. The minimum Gasteiger partial charge on any atom is -0.364 e. The number of fused-ring (bicyclic) bond motifs is 1. The Morgan fingerprint density at radius 1 is 1.21 bits per heavy atom. The van der Waals surface area contributed by atoms with Crippen molar-refractivity contribution < 1.29 is 9.18 Å². The molecule has 3 N–H and O–H groups in total. The van der Waals surface area contributed by atoms with Gasteiger partial charge in [0.25, 0.3) is 5.91 Å². The van der Waals surface area contributed by atoms with Gasteiger partial charge < -0.3 is 5.73 Å². The lowest BCUT2D eigenvalue weighted by Gasteiger charge is -2.11. The molecule has 142 valence electrons. The van der Waals surface area contributed by atoms with Gasteiger partial charge >= 0.3 is 0 Å². The molecule has 28 heavy (non-hydrogen) atoms. The molecule has 0 bridgehead atoms. The molecule has 0 unspecified atom stereocenters. The van der Waals surface area contributed by atoms with E-state index >= 15 is 0 Å². The van der Waals surface area contributed by atoms with E-state index in [9.17, 15) is 9.18 Å². The third kappa shape index (κ3) is 2.85. The number of hydrogen-bond acceptors (Lipinski definition) is 3. The van der Waals surface area contributed by atoms with Crippen molar-refractivity contribution in [2.45, 2.75) is 26.7 Å². The summed E-state index contributed by atoms with van der Waals surface area (Å²) in [5, 5.41) is 7.64. The van der Waals surface area contributed by atoms with Crippen molar-refractivity contribution in [3.8, 4) is 22.4 Å². The molecule has 4 rings (SSSR count). The normalized spacial score (nSPS) is 11.5. The van der Waals surface area contributed by atoms with Gasteiger partial charge in [0.15, 0.2) is 0 Å². The molecule has 0 atom stereocenters. The number of benzene rings is 1. The van der Waals surface area contributed by atoms with Gasteiger partial charge in [-0.2, -0.15) is 5.10 Å². The maximum Gasteiger partial charge on any atom is 0.267 e. The number of nitrogens with zero attached hydrogens (tertiary/aromatic N) is 3. The van der Waals surface area contributed by atoms with Gasteiger partial charge in [-0.3, -0.25) is 14.3 Å². The number of pyridine rings is 1. The number of aryl methyl sites for hydroxylation is 1. The lowest BCUT2D eigenvalue weighted by molar-refractivity contribution is 0.0995. The van der Waals surface area contributed by atoms with Gasteiger partial charge in [-0.1, -0.05) is 13.8 Å². The lowest BCUT2D eigenvalue weighted by Crippen LogP contribution is -2.13.